The van der Waals surface area contributed by atoms with Gasteiger partial charge in [-0.1, -0.05) is 25.3 Å². The Labute approximate surface area is 100 Å². The molecule has 1 aromatic heterocycles. The summed E-state index contributed by atoms with van der Waals surface area (Å²) in [7, 11) is 0. The Bertz CT molecular complexity index is 265. The van der Waals surface area contributed by atoms with Gasteiger partial charge in [-0.3, -0.25) is 0 Å². The van der Waals surface area contributed by atoms with Gasteiger partial charge in [0.2, 0.25) is 0 Å². The fourth-order valence-corrected chi connectivity index (χ4v) is 4.22. The predicted molar refractivity (Wildman–Crippen MR) is 70.6 cm³/mol. The van der Waals surface area contributed by atoms with Crippen molar-refractivity contribution in [1.82, 2.24) is 0 Å². The van der Waals surface area contributed by atoms with Crippen molar-refractivity contribution in [3.8, 4) is 0 Å². The fraction of sp³-hybridized carbons (Fsp3) is 0.667. The summed E-state index contributed by atoms with van der Waals surface area (Å²) in [5, 5.41) is 2.99. The quantitative estimate of drug-likeness (QED) is 0.867. The van der Waals surface area contributed by atoms with Crippen LogP contribution in [0, 0.1) is 0 Å². The summed E-state index contributed by atoms with van der Waals surface area (Å²) in [6.45, 7) is 0. The van der Waals surface area contributed by atoms with Crippen LogP contribution in [0.1, 0.15) is 43.0 Å². The maximum atomic E-state index is 6.15. The molecule has 0 bridgehead atoms. The molecule has 0 aromatic carbocycles. The van der Waals surface area contributed by atoms with Gasteiger partial charge < -0.3 is 5.73 Å². The minimum absolute atomic E-state index is 0.247. The first-order valence-corrected chi connectivity index (χ1v) is 7.69. The van der Waals surface area contributed by atoms with Crippen molar-refractivity contribution in [1.29, 1.82) is 0 Å². The summed E-state index contributed by atoms with van der Waals surface area (Å²) in [5.41, 5.74) is 6.15. The van der Waals surface area contributed by atoms with Crippen LogP contribution in [0.2, 0.25) is 0 Å². The Morgan fingerprint density at radius 1 is 1.40 bits per heavy atom. The maximum Gasteiger partial charge on any atom is 0.0481 e. The molecule has 1 aliphatic carbocycles. The standard InChI is InChI=1S/C12H19NS2/c13-11(12-7-4-8-14-12)9-15-10-5-2-1-3-6-10/h4,7-8,10-11H,1-3,5-6,9,13H2. The van der Waals surface area contributed by atoms with Crippen LogP contribution in [0.25, 0.3) is 0 Å². The van der Waals surface area contributed by atoms with Crippen molar-refractivity contribution in [3.05, 3.63) is 22.4 Å². The molecule has 0 spiro atoms. The molecular weight excluding hydrogens is 222 g/mol. The van der Waals surface area contributed by atoms with Crippen molar-refractivity contribution in [2.75, 3.05) is 5.75 Å². The first-order chi connectivity index (χ1) is 7.36. The second-order valence-corrected chi connectivity index (χ2v) is 6.53. The Kier molecular flexibility index (Phi) is 4.54. The van der Waals surface area contributed by atoms with Gasteiger partial charge in [-0.2, -0.15) is 11.8 Å². The van der Waals surface area contributed by atoms with Crippen LogP contribution in [0.5, 0.6) is 0 Å². The highest BCUT2D eigenvalue weighted by Crippen LogP contribution is 2.31. The maximum absolute atomic E-state index is 6.15. The van der Waals surface area contributed by atoms with Crippen LogP contribution in [0.15, 0.2) is 17.5 Å². The average Bonchev–Trinajstić information content (AvgIpc) is 2.81. The molecule has 0 amide bonds. The number of hydrogen-bond donors (Lipinski definition) is 1. The second kappa shape index (κ2) is 5.92. The van der Waals surface area contributed by atoms with E-state index in [1.165, 1.54) is 37.0 Å². The smallest absolute Gasteiger partial charge is 0.0481 e. The predicted octanol–water partition coefficient (Wildman–Crippen LogP) is 3.81. The average molecular weight is 241 g/mol. The molecule has 2 N–H and O–H groups in total. The number of thioether (sulfide) groups is 1. The molecule has 1 atom stereocenters. The minimum atomic E-state index is 0.247. The first kappa shape index (κ1) is 11.5. The molecular formula is C12H19NS2. The van der Waals surface area contributed by atoms with E-state index in [9.17, 15) is 0 Å². The van der Waals surface area contributed by atoms with E-state index in [1.807, 2.05) is 0 Å². The zero-order valence-corrected chi connectivity index (χ0v) is 10.7. The van der Waals surface area contributed by atoms with E-state index in [0.717, 1.165) is 11.0 Å². The van der Waals surface area contributed by atoms with Gasteiger partial charge in [0.05, 0.1) is 0 Å². The molecule has 0 saturated heterocycles. The Morgan fingerprint density at radius 3 is 2.87 bits per heavy atom. The van der Waals surface area contributed by atoms with Crippen molar-refractivity contribution >= 4 is 23.1 Å². The zero-order chi connectivity index (χ0) is 10.5. The molecule has 1 aromatic rings. The number of thiophene rings is 1. The number of hydrogen-bond acceptors (Lipinski definition) is 3. The molecule has 1 heterocycles. The van der Waals surface area contributed by atoms with E-state index in [4.69, 9.17) is 5.73 Å². The summed E-state index contributed by atoms with van der Waals surface area (Å²) in [4.78, 5) is 1.33. The van der Waals surface area contributed by atoms with Gasteiger partial charge in [0, 0.05) is 21.9 Å². The lowest BCUT2D eigenvalue weighted by Crippen LogP contribution is -2.16. The molecule has 1 nitrogen and oxygen atoms in total. The molecule has 1 fully saturated rings. The largest absolute Gasteiger partial charge is 0.323 e. The van der Waals surface area contributed by atoms with E-state index >= 15 is 0 Å². The van der Waals surface area contributed by atoms with Crippen molar-refractivity contribution in [3.63, 3.8) is 0 Å². The molecule has 1 aliphatic rings. The molecule has 0 aliphatic heterocycles. The lowest BCUT2D eigenvalue weighted by molar-refractivity contribution is 0.515. The topological polar surface area (TPSA) is 26.0 Å². The summed E-state index contributed by atoms with van der Waals surface area (Å²) in [6, 6.07) is 4.49. The molecule has 1 unspecified atom stereocenters. The van der Waals surface area contributed by atoms with Crippen LogP contribution in [-0.2, 0) is 0 Å². The highest BCUT2D eigenvalue weighted by Gasteiger charge is 2.15. The first-order valence-electron chi connectivity index (χ1n) is 5.77. The van der Waals surface area contributed by atoms with E-state index in [1.54, 1.807) is 11.3 Å². The number of rotatable bonds is 4. The third-order valence-corrected chi connectivity index (χ3v) is 5.47. The van der Waals surface area contributed by atoms with Crippen molar-refractivity contribution in [2.24, 2.45) is 5.73 Å². The molecule has 2 rings (SSSR count). The highest BCUT2D eigenvalue weighted by molar-refractivity contribution is 7.99. The Balaban J connectivity index is 1.73. The third kappa shape index (κ3) is 3.51. The lowest BCUT2D eigenvalue weighted by atomic mass is 10.0. The van der Waals surface area contributed by atoms with Gasteiger partial charge in [0.25, 0.3) is 0 Å². The van der Waals surface area contributed by atoms with Crippen LogP contribution in [-0.4, -0.2) is 11.0 Å². The van der Waals surface area contributed by atoms with Crippen molar-refractivity contribution < 1.29 is 0 Å². The van der Waals surface area contributed by atoms with Crippen molar-refractivity contribution in [2.45, 2.75) is 43.4 Å². The number of nitrogens with two attached hydrogens (primary N) is 1. The highest BCUT2D eigenvalue weighted by atomic mass is 32.2. The van der Waals surface area contributed by atoms with Crippen LogP contribution in [0.4, 0.5) is 0 Å². The molecule has 3 heteroatoms. The molecule has 1 saturated carbocycles. The summed E-state index contributed by atoms with van der Waals surface area (Å²) in [6.07, 6.45) is 7.09. The minimum Gasteiger partial charge on any atom is -0.323 e. The van der Waals surface area contributed by atoms with Gasteiger partial charge in [-0.15, -0.1) is 11.3 Å². The normalized spacial score (nSPS) is 20.3. The molecule has 84 valence electrons. The molecule has 15 heavy (non-hydrogen) atoms. The SMILES string of the molecule is NC(CSC1CCCCC1)c1cccs1. The van der Waals surface area contributed by atoms with E-state index in [0.29, 0.717) is 0 Å². The van der Waals surface area contributed by atoms with Crippen LogP contribution < -0.4 is 5.73 Å². The van der Waals surface area contributed by atoms with Crippen LogP contribution >= 0.6 is 23.1 Å². The summed E-state index contributed by atoms with van der Waals surface area (Å²) < 4.78 is 0. The summed E-state index contributed by atoms with van der Waals surface area (Å²) >= 11 is 3.86. The lowest BCUT2D eigenvalue weighted by Gasteiger charge is -2.22. The molecule has 0 radical (unpaired) electrons. The van der Waals surface area contributed by atoms with E-state index in [-0.39, 0.29) is 6.04 Å². The Morgan fingerprint density at radius 2 is 2.20 bits per heavy atom. The van der Waals surface area contributed by atoms with Gasteiger partial charge in [-0.05, 0) is 24.3 Å². The van der Waals surface area contributed by atoms with Gasteiger partial charge in [-0.25, -0.2) is 0 Å². The monoisotopic (exact) mass is 241 g/mol. The van der Waals surface area contributed by atoms with Gasteiger partial charge in [0.1, 0.15) is 0 Å². The second-order valence-electron chi connectivity index (χ2n) is 4.22. The van der Waals surface area contributed by atoms with Crippen LogP contribution in [0.3, 0.4) is 0 Å². The fourth-order valence-electron chi connectivity index (χ4n) is 2.06. The van der Waals surface area contributed by atoms with Gasteiger partial charge >= 0.3 is 0 Å². The van der Waals surface area contributed by atoms with E-state index in [2.05, 4.69) is 29.3 Å². The Hall–Kier alpha value is 0.01000. The third-order valence-electron chi connectivity index (χ3n) is 2.97. The zero-order valence-electron chi connectivity index (χ0n) is 9.02. The van der Waals surface area contributed by atoms with Gasteiger partial charge in [0.15, 0.2) is 0 Å². The van der Waals surface area contributed by atoms with E-state index < -0.39 is 0 Å². The summed E-state index contributed by atoms with van der Waals surface area (Å²) in [5.74, 6) is 1.09.